The molecule has 0 N–H and O–H groups in total. The molecule has 0 aliphatic carbocycles. The molecule has 0 saturated heterocycles. The highest BCUT2D eigenvalue weighted by Crippen LogP contribution is 2.27. The van der Waals surface area contributed by atoms with E-state index in [-0.39, 0.29) is 5.41 Å². The molecule has 1 heterocycles. The minimum Gasteiger partial charge on any atom is -0.264 e. The van der Waals surface area contributed by atoms with Gasteiger partial charge in [-0.05, 0) is 17.0 Å². The van der Waals surface area contributed by atoms with Gasteiger partial charge in [-0.3, -0.25) is 4.98 Å². The van der Waals surface area contributed by atoms with E-state index in [9.17, 15) is 0 Å². The summed E-state index contributed by atoms with van der Waals surface area (Å²) in [6, 6.07) is 1.97. The summed E-state index contributed by atoms with van der Waals surface area (Å²) in [5, 5.41) is 0. The molecule has 0 fully saturated rings. The van der Waals surface area contributed by atoms with Gasteiger partial charge in [-0.15, -0.1) is 0 Å². The summed E-state index contributed by atoms with van der Waals surface area (Å²) in [6.45, 7) is 6.53. The molecule has 1 aromatic heterocycles. The third kappa shape index (κ3) is 2.03. The number of halogens is 1. The number of nitrogens with zero attached hydrogens (tertiary/aromatic N) is 1. The van der Waals surface area contributed by atoms with Crippen LogP contribution in [0.15, 0.2) is 22.9 Å². The normalized spacial score (nSPS) is 11.6. The Balaban J connectivity index is 3.14. The number of pyridine rings is 1. The molecule has 0 atom stereocenters. The van der Waals surface area contributed by atoms with Crippen molar-refractivity contribution in [2.24, 2.45) is 0 Å². The van der Waals surface area contributed by atoms with Crippen LogP contribution in [0.25, 0.3) is 0 Å². The molecular weight excluding hydrogens is 202 g/mol. The fraction of sp³-hybridized carbons (Fsp3) is 0.444. The van der Waals surface area contributed by atoms with Gasteiger partial charge in [-0.1, -0.05) is 36.7 Å². The van der Waals surface area contributed by atoms with Gasteiger partial charge in [0.2, 0.25) is 0 Å². The Bertz CT molecular complexity index is 250. The van der Waals surface area contributed by atoms with Crippen LogP contribution >= 0.6 is 15.9 Å². The molecule has 1 aromatic rings. The van der Waals surface area contributed by atoms with Crippen LogP contribution in [0.4, 0.5) is 0 Å². The molecule has 0 radical (unpaired) electrons. The highest BCUT2D eigenvalue weighted by molar-refractivity contribution is 9.10. The maximum atomic E-state index is 4.08. The fourth-order valence-corrected chi connectivity index (χ4v) is 1.74. The summed E-state index contributed by atoms with van der Waals surface area (Å²) >= 11 is 3.49. The third-order valence-corrected chi connectivity index (χ3v) is 2.27. The van der Waals surface area contributed by atoms with Gasteiger partial charge in [-0.2, -0.15) is 0 Å². The standard InChI is InChI=1S/C9H12BrN/c1-9(2,3)7-6-11-5-4-8(7)10/h4-6H,1-3H3. The molecule has 0 aromatic carbocycles. The molecule has 0 aliphatic rings. The van der Waals surface area contributed by atoms with E-state index < -0.39 is 0 Å². The second-order valence-corrected chi connectivity index (χ2v) is 4.46. The summed E-state index contributed by atoms with van der Waals surface area (Å²) in [5.74, 6) is 0. The van der Waals surface area contributed by atoms with E-state index in [0.29, 0.717) is 0 Å². The topological polar surface area (TPSA) is 12.9 Å². The highest BCUT2D eigenvalue weighted by atomic mass is 79.9. The predicted octanol–water partition coefficient (Wildman–Crippen LogP) is 3.14. The third-order valence-electron chi connectivity index (χ3n) is 1.58. The lowest BCUT2D eigenvalue weighted by atomic mass is 9.88. The first-order chi connectivity index (χ1) is 5.02. The van der Waals surface area contributed by atoms with Gasteiger partial charge in [0.05, 0.1) is 0 Å². The average Bonchev–Trinajstić information content (AvgIpc) is 1.86. The SMILES string of the molecule is CC(C)(C)c1cnccc1Br. The molecule has 1 nitrogen and oxygen atoms in total. The summed E-state index contributed by atoms with van der Waals surface area (Å²) in [6.07, 6.45) is 3.70. The van der Waals surface area contributed by atoms with Crippen LogP contribution in [-0.2, 0) is 5.41 Å². The van der Waals surface area contributed by atoms with Crippen LogP contribution < -0.4 is 0 Å². The Morgan fingerprint density at radius 1 is 1.36 bits per heavy atom. The van der Waals surface area contributed by atoms with Crippen molar-refractivity contribution >= 4 is 15.9 Å². The van der Waals surface area contributed by atoms with Crippen molar-refractivity contribution in [3.05, 3.63) is 28.5 Å². The predicted molar refractivity (Wildman–Crippen MR) is 50.6 cm³/mol. The van der Waals surface area contributed by atoms with Crippen LogP contribution in [0.2, 0.25) is 0 Å². The molecule has 0 spiro atoms. The molecule has 0 bridgehead atoms. The molecule has 2 heteroatoms. The zero-order valence-corrected chi connectivity index (χ0v) is 8.64. The Hall–Kier alpha value is -0.370. The average molecular weight is 214 g/mol. The first-order valence-corrected chi connectivity index (χ1v) is 4.41. The van der Waals surface area contributed by atoms with E-state index in [4.69, 9.17) is 0 Å². The highest BCUT2D eigenvalue weighted by Gasteiger charge is 2.16. The van der Waals surface area contributed by atoms with Crippen LogP contribution in [0.1, 0.15) is 26.3 Å². The van der Waals surface area contributed by atoms with Gasteiger partial charge in [-0.25, -0.2) is 0 Å². The van der Waals surface area contributed by atoms with Gasteiger partial charge in [0, 0.05) is 16.9 Å². The number of aromatic nitrogens is 1. The zero-order chi connectivity index (χ0) is 8.48. The van der Waals surface area contributed by atoms with Crippen LogP contribution in [0.3, 0.4) is 0 Å². The van der Waals surface area contributed by atoms with E-state index >= 15 is 0 Å². The Labute approximate surface area is 76.0 Å². The monoisotopic (exact) mass is 213 g/mol. The van der Waals surface area contributed by atoms with Crippen molar-refractivity contribution < 1.29 is 0 Å². The summed E-state index contributed by atoms with van der Waals surface area (Å²) in [5.41, 5.74) is 1.42. The van der Waals surface area contributed by atoms with Gasteiger partial charge >= 0.3 is 0 Å². The quantitative estimate of drug-likeness (QED) is 0.646. The zero-order valence-electron chi connectivity index (χ0n) is 7.06. The van der Waals surface area contributed by atoms with Crippen molar-refractivity contribution in [3.63, 3.8) is 0 Å². The lowest BCUT2D eigenvalue weighted by Crippen LogP contribution is -2.11. The van der Waals surface area contributed by atoms with Gasteiger partial charge in [0.15, 0.2) is 0 Å². The first kappa shape index (κ1) is 8.72. The minimum atomic E-state index is 0.174. The van der Waals surface area contributed by atoms with Crippen molar-refractivity contribution in [2.75, 3.05) is 0 Å². The second-order valence-electron chi connectivity index (χ2n) is 3.61. The summed E-state index contributed by atoms with van der Waals surface area (Å²) in [7, 11) is 0. The van der Waals surface area contributed by atoms with Gasteiger partial charge < -0.3 is 0 Å². The van der Waals surface area contributed by atoms with Crippen LogP contribution in [-0.4, -0.2) is 4.98 Å². The molecular formula is C9H12BrN. The molecule has 0 saturated carbocycles. The Kier molecular flexibility index (Phi) is 2.33. The molecule has 0 unspecified atom stereocenters. The van der Waals surface area contributed by atoms with E-state index in [2.05, 4.69) is 41.7 Å². The Morgan fingerprint density at radius 2 is 2.00 bits per heavy atom. The number of rotatable bonds is 0. The summed E-state index contributed by atoms with van der Waals surface area (Å²) in [4.78, 5) is 4.08. The van der Waals surface area contributed by atoms with Crippen molar-refractivity contribution in [1.29, 1.82) is 0 Å². The smallest absolute Gasteiger partial charge is 0.0316 e. The minimum absolute atomic E-state index is 0.174. The van der Waals surface area contributed by atoms with Gasteiger partial charge in [0.25, 0.3) is 0 Å². The Morgan fingerprint density at radius 3 is 2.36 bits per heavy atom. The maximum Gasteiger partial charge on any atom is 0.0316 e. The number of hydrogen-bond donors (Lipinski definition) is 0. The lowest BCUT2D eigenvalue weighted by Gasteiger charge is -2.19. The van der Waals surface area contributed by atoms with Crippen molar-refractivity contribution in [2.45, 2.75) is 26.2 Å². The first-order valence-electron chi connectivity index (χ1n) is 3.62. The van der Waals surface area contributed by atoms with Crippen molar-refractivity contribution in [1.82, 2.24) is 4.98 Å². The largest absolute Gasteiger partial charge is 0.264 e. The molecule has 0 amide bonds. The van der Waals surface area contributed by atoms with E-state index in [1.165, 1.54) is 5.56 Å². The van der Waals surface area contributed by atoms with E-state index in [0.717, 1.165) is 4.47 Å². The maximum absolute atomic E-state index is 4.08. The fourth-order valence-electron chi connectivity index (χ4n) is 0.929. The van der Waals surface area contributed by atoms with Crippen LogP contribution in [0, 0.1) is 0 Å². The number of hydrogen-bond acceptors (Lipinski definition) is 1. The summed E-state index contributed by atoms with van der Waals surface area (Å²) < 4.78 is 1.14. The molecule has 1 rings (SSSR count). The molecule has 60 valence electrons. The van der Waals surface area contributed by atoms with E-state index in [1.54, 1.807) is 6.20 Å². The van der Waals surface area contributed by atoms with Crippen LogP contribution in [0.5, 0.6) is 0 Å². The molecule has 11 heavy (non-hydrogen) atoms. The van der Waals surface area contributed by atoms with Crippen molar-refractivity contribution in [3.8, 4) is 0 Å². The van der Waals surface area contributed by atoms with Gasteiger partial charge in [0.1, 0.15) is 0 Å². The van der Waals surface area contributed by atoms with E-state index in [1.807, 2.05) is 12.3 Å². The molecule has 0 aliphatic heterocycles. The second kappa shape index (κ2) is 2.94. The lowest BCUT2D eigenvalue weighted by molar-refractivity contribution is 0.584.